The molecular formula is C26H28FN3O3. The first-order valence-corrected chi connectivity index (χ1v) is 11.5. The van der Waals surface area contributed by atoms with Gasteiger partial charge in [0.2, 0.25) is 0 Å². The predicted molar refractivity (Wildman–Crippen MR) is 123 cm³/mol. The Bertz CT molecular complexity index is 1150. The summed E-state index contributed by atoms with van der Waals surface area (Å²) in [5.74, 6) is 0.254. The van der Waals surface area contributed by atoms with Crippen molar-refractivity contribution in [2.75, 3.05) is 26.9 Å². The molecular weight excluding hydrogens is 421 g/mol. The fourth-order valence-electron chi connectivity index (χ4n) is 5.05. The molecule has 2 aromatic carbocycles. The van der Waals surface area contributed by atoms with E-state index in [4.69, 9.17) is 9.47 Å². The molecule has 1 aromatic heterocycles. The number of para-hydroxylation sites is 1. The van der Waals surface area contributed by atoms with Gasteiger partial charge >= 0.3 is 0 Å². The number of amides is 1. The second kappa shape index (κ2) is 8.98. The van der Waals surface area contributed by atoms with E-state index >= 15 is 0 Å². The molecule has 1 fully saturated rings. The first kappa shape index (κ1) is 21.6. The summed E-state index contributed by atoms with van der Waals surface area (Å²) < 4.78 is 27.0. The van der Waals surface area contributed by atoms with Gasteiger partial charge in [-0.25, -0.2) is 9.07 Å². The van der Waals surface area contributed by atoms with Crippen LogP contribution in [0.2, 0.25) is 0 Å². The van der Waals surface area contributed by atoms with Crippen molar-refractivity contribution in [2.45, 2.75) is 37.5 Å². The lowest BCUT2D eigenvalue weighted by atomic mass is 9.74. The Hall–Kier alpha value is -3.19. The third kappa shape index (κ3) is 4.02. The molecule has 1 N–H and O–H groups in total. The molecule has 0 atom stereocenters. The molecule has 0 spiro atoms. The van der Waals surface area contributed by atoms with E-state index in [0.717, 1.165) is 54.7 Å². The molecule has 6 nitrogen and oxygen atoms in total. The second-order valence-electron chi connectivity index (χ2n) is 8.79. The topological polar surface area (TPSA) is 65.4 Å². The van der Waals surface area contributed by atoms with Crippen LogP contribution < -0.4 is 10.1 Å². The molecule has 2 aliphatic rings. The summed E-state index contributed by atoms with van der Waals surface area (Å²) in [4.78, 5) is 13.3. The molecule has 1 amide bonds. The fourth-order valence-corrected chi connectivity index (χ4v) is 5.05. The Morgan fingerprint density at radius 2 is 1.91 bits per heavy atom. The summed E-state index contributed by atoms with van der Waals surface area (Å²) in [6, 6.07) is 14.6. The van der Waals surface area contributed by atoms with Crippen molar-refractivity contribution in [3.8, 4) is 11.4 Å². The molecule has 3 aromatic rings. The van der Waals surface area contributed by atoms with Gasteiger partial charge < -0.3 is 14.8 Å². The van der Waals surface area contributed by atoms with E-state index in [0.29, 0.717) is 31.1 Å². The summed E-state index contributed by atoms with van der Waals surface area (Å²) in [7, 11) is 1.65. The second-order valence-corrected chi connectivity index (χ2v) is 8.79. The zero-order chi connectivity index (χ0) is 22.8. The minimum absolute atomic E-state index is 0.206. The number of ether oxygens (including phenoxy) is 2. The van der Waals surface area contributed by atoms with E-state index < -0.39 is 0 Å². The minimum atomic E-state index is -0.345. The molecule has 1 aliphatic carbocycles. The average molecular weight is 450 g/mol. The Labute approximate surface area is 192 Å². The molecule has 7 heteroatoms. The molecule has 5 rings (SSSR count). The number of hydrogen-bond acceptors (Lipinski definition) is 4. The lowest BCUT2D eigenvalue weighted by Crippen LogP contribution is -2.44. The Morgan fingerprint density at radius 3 is 2.64 bits per heavy atom. The number of hydrogen-bond donors (Lipinski definition) is 1. The van der Waals surface area contributed by atoms with Gasteiger partial charge in [0, 0.05) is 36.4 Å². The van der Waals surface area contributed by atoms with E-state index in [1.165, 1.54) is 6.07 Å². The van der Waals surface area contributed by atoms with Crippen LogP contribution in [0.4, 0.5) is 4.39 Å². The van der Waals surface area contributed by atoms with E-state index in [1.807, 2.05) is 12.1 Å². The normalized spacial score (nSPS) is 16.9. The van der Waals surface area contributed by atoms with Gasteiger partial charge in [-0.2, -0.15) is 5.10 Å². The van der Waals surface area contributed by atoms with Gasteiger partial charge in [0.1, 0.15) is 17.3 Å². The van der Waals surface area contributed by atoms with Crippen molar-refractivity contribution in [3.63, 3.8) is 0 Å². The average Bonchev–Trinajstić information content (AvgIpc) is 3.47. The highest BCUT2D eigenvalue weighted by Crippen LogP contribution is 2.35. The lowest BCUT2D eigenvalue weighted by Gasteiger charge is -2.38. The number of nitrogens with one attached hydrogen (secondary N) is 1. The zero-order valence-electron chi connectivity index (χ0n) is 18.8. The molecule has 0 unspecified atom stereocenters. The third-order valence-electron chi connectivity index (χ3n) is 6.97. The molecule has 1 saturated heterocycles. The summed E-state index contributed by atoms with van der Waals surface area (Å²) in [6.07, 6.45) is 4.15. The van der Waals surface area contributed by atoms with Gasteiger partial charge in [0.05, 0.1) is 7.11 Å². The van der Waals surface area contributed by atoms with E-state index in [1.54, 1.807) is 30.0 Å². The monoisotopic (exact) mass is 449 g/mol. The third-order valence-corrected chi connectivity index (χ3v) is 6.97. The van der Waals surface area contributed by atoms with E-state index in [-0.39, 0.29) is 17.1 Å². The van der Waals surface area contributed by atoms with Gasteiger partial charge in [0.25, 0.3) is 5.91 Å². The van der Waals surface area contributed by atoms with Gasteiger partial charge in [-0.1, -0.05) is 24.3 Å². The Morgan fingerprint density at radius 1 is 1.15 bits per heavy atom. The van der Waals surface area contributed by atoms with Crippen LogP contribution in [0, 0.1) is 5.82 Å². The van der Waals surface area contributed by atoms with E-state index in [2.05, 4.69) is 22.5 Å². The number of halogens is 1. The molecule has 0 radical (unpaired) electrons. The van der Waals surface area contributed by atoms with Crippen LogP contribution in [0.25, 0.3) is 5.69 Å². The SMILES string of the molecule is COc1ccc(C2(CNC(=O)c3nn(-c4ccccc4F)c4c3CCC4)CCOCC2)cc1. The summed E-state index contributed by atoms with van der Waals surface area (Å²) in [5, 5.41) is 7.72. The van der Waals surface area contributed by atoms with Crippen molar-refractivity contribution in [1.29, 1.82) is 0 Å². The van der Waals surface area contributed by atoms with Crippen LogP contribution >= 0.6 is 0 Å². The number of nitrogens with zero attached hydrogens (tertiary/aromatic N) is 2. The molecule has 2 heterocycles. The standard InChI is InChI=1S/C26H28FN3O3/c1-32-19-11-9-18(10-12-19)26(13-15-33-16-14-26)17-28-25(31)24-20-5-4-8-22(20)30(29-24)23-7-3-2-6-21(23)27/h2-3,6-7,9-12H,4-5,8,13-17H2,1H3,(H,28,31). The van der Waals surface area contributed by atoms with Crippen molar-refractivity contribution >= 4 is 5.91 Å². The van der Waals surface area contributed by atoms with Gasteiger partial charge in [-0.05, 0) is 61.9 Å². The van der Waals surface area contributed by atoms with Gasteiger partial charge in [-0.3, -0.25) is 4.79 Å². The zero-order valence-corrected chi connectivity index (χ0v) is 18.8. The molecule has 0 saturated carbocycles. The predicted octanol–water partition coefficient (Wildman–Crippen LogP) is 3.99. The summed E-state index contributed by atoms with van der Waals surface area (Å²) in [5.41, 5.74) is 3.60. The highest BCUT2D eigenvalue weighted by molar-refractivity contribution is 5.94. The minimum Gasteiger partial charge on any atom is -0.497 e. The van der Waals surface area contributed by atoms with Gasteiger partial charge in [-0.15, -0.1) is 0 Å². The van der Waals surface area contributed by atoms with Crippen molar-refractivity contribution < 1.29 is 18.7 Å². The maximum Gasteiger partial charge on any atom is 0.272 e. The van der Waals surface area contributed by atoms with Crippen LogP contribution in [-0.2, 0) is 23.0 Å². The molecule has 1 aliphatic heterocycles. The number of fused-ring (bicyclic) bond motifs is 1. The van der Waals surface area contributed by atoms with Crippen molar-refractivity contribution in [2.24, 2.45) is 0 Å². The first-order chi connectivity index (χ1) is 16.1. The number of aromatic nitrogens is 2. The van der Waals surface area contributed by atoms with Crippen molar-refractivity contribution in [3.05, 3.63) is 76.9 Å². The summed E-state index contributed by atoms with van der Waals surface area (Å²) >= 11 is 0. The molecule has 172 valence electrons. The number of benzene rings is 2. The number of rotatable bonds is 6. The quantitative estimate of drug-likeness (QED) is 0.618. The number of methoxy groups -OCH3 is 1. The highest BCUT2D eigenvalue weighted by Gasteiger charge is 2.36. The largest absolute Gasteiger partial charge is 0.497 e. The lowest BCUT2D eigenvalue weighted by molar-refractivity contribution is 0.0486. The van der Waals surface area contributed by atoms with Crippen LogP contribution in [0.1, 0.15) is 46.6 Å². The van der Waals surface area contributed by atoms with E-state index in [9.17, 15) is 9.18 Å². The van der Waals surface area contributed by atoms with Crippen LogP contribution in [0.5, 0.6) is 5.75 Å². The molecule has 0 bridgehead atoms. The van der Waals surface area contributed by atoms with Crippen molar-refractivity contribution in [1.82, 2.24) is 15.1 Å². The maximum absolute atomic E-state index is 14.5. The van der Waals surface area contributed by atoms with Gasteiger partial charge in [0.15, 0.2) is 5.69 Å². The summed E-state index contributed by atoms with van der Waals surface area (Å²) in [6.45, 7) is 1.79. The molecule has 33 heavy (non-hydrogen) atoms. The number of carbonyl (C=O) groups excluding carboxylic acids is 1. The maximum atomic E-state index is 14.5. The smallest absolute Gasteiger partial charge is 0.272 e. The first-order valence-electron chi connectivity index (χ1n) is 11.5. The van der Waals surface area contributed by atoms with Crippen LogP contribution in [0.3, 0.4) is 0 Å². The van der Waals surface area contributed by atoms with Crippen LogP contribution in [0.15, 0.2) is 48.5 Å². The fraction of sp³-hybridized carbons (Fsp3) is 0.385. The Kier molecular flexibility index (Phi) is 5.89. The Balaban J connectivity index is 1.41. The van der Waals surface area contributed by atoms with Crippen LogP contribution in [-0.4, -0.2) is 42.6 Å². The number of carbonyl (C=O) groups is 1. The highest BCUT2D eigenvalue weighted by atomic mass is 19.1.